The Bertz CT molecular complexity index is 2170. The summed E-state index contributed by atoms with van der Waals surface area (Å²) in [5.74, 6) is -1.50. The molecule has 49 heavy (non-hydrogen) atoms. The lowest BCUT2D eigenvalue weighted by atomic mass is 10.00. The number of benzene rings is 3. The molecule has 0 aliphatic rings. The lowest BCUT2D eigenvalue weighted by molar-refractivity contribution is -0.117. The Balaban J connectivity index is 1.42. The van der Waals surface area contributed by atoms with Gasteiger partial charge in [-0.2, -0.15) is 4.98 Å². The predicted molar refractivity (Wildman–Crippen MR) is 175 cm³/mol. The highest BCUT2D eigenvalue weighted by Gasteiger charge is 2.29. The third-order valence-electron chi connectivity index (χ3n) is 7.17. The molecule has 256 valence electrons. The van der Waals surface area contributed by atoms with E-state index in [-0.39, 0.29) is 39.7 Å². The van der Waals surface area contributed by atoms with Crippen molar-refractivity contribution in [3.8, 4) is 16.9 Å². The van der Waals surface area contributed by atoms with E-state index in [9.17, 15) is 27.0 Å². The van der Waals surface area contributed by atoms with Crippen LogP contribution < -0.4 is 15.0 Å². The maximum absolute atomic E-state index is 13.3. The molecule has 3 aromatic carbocycles. The van der Waals surface area contributed by atoms with Crippen molar-refractivity contribution in [3.63, 3.8) is 0 Å². The van der Waals surface area contributed by atoms with Gasteiger partial charge in [-0.25, -0.2) is 36.1 Å². The van der Waals surface area contributed by atoms with Crippen LogP contribution in [0.1, 0.15) is 18.4 Å². The van der Waals surface area contributed by atoms with Gasteiger partial charge in [0.1, 0.15) is 11.6 Å². The first kappa shape index (κ1) is 35.1. The number of fused-ring (bicyclic) bond motifs is 1. The molecule has 0 saturated carbocycles. The summed E-state index contributed by atoms with van der Waals surface area (Å²) in [6, 6.07) is 19.7. The van der Waals surface area contributed by atoms with Gasteiger partial charge in [-0.3, -0.25) is 4.79 Å². The second-order valence-corrected chi connectivity index (χ2v) is 13.8. The number of nitrogens with zero attached hydrogens (tertiary/aromatic N) is 4. The highest BCUT2D eigenvalue weighted by Crippen LogP contribution is 2.37. The van der Waals surface area contributed by atoms with Gasteiger partial charge >= 0.3 is 13.9 Å². The lowest BCUT2D eigenvalue weighted by Gasteiger charge is -2.21. The van der Waals surface area contributed by atoms with Crippen LogP contribution in [0.4, 0.5) is 26.5 Å². The molecule has 0 radical (unpaired) electrons. The number of methoxy groups -OCH3 is 1. The number of hydrogen-bond acceptors (Lipinski definition) is 10. The van der Waals surface area contributed by atoms with E-state index in [1.165, 1.54) is 42.0 Å². The number of halogens is 1. The molecule has 2 heterocycles. The number of phosphoric ester groups is 1. The molecule has 0 unspecified atom stereocenters. The lowest BCUT2D eigenvalue weighted by Crippen LogP contribution is -2.29. The molecule has 0 saturated heterocycles. The molecule has 0 fully saturated rings. The first-order valence-corrected chi connectivity index (χ1v) is 17.6. The Morgan fingerprint density at radius 3 is 2.33 bits per heavy atom. The van der Waals surface area contributed by atoms with Gasteiger partial charge in [-0.15, -0.1) is 5.10 Å². The zero-order chi connectivity index (χ0) is 35.5. The average molecular weight is 714 g/mol. The monoisotopic (exact) mass is 713 g/mol. The number of nitrogens with one attached hydrogen (secondary N) is 1. The topological polar surface area (TPSA) is 199 Å². The Labute approximate surface area is 279 Å². The van der Waals surface area contributed by atoms with Crippen LogP contribution in [0.25, 0.3) is 16.8 Å². The molecule has 0 bridgehead atoms. The van der Waals surface area contributed by atoms with Crippen molar-refractivity contribution in [2.24, 2.45) is 0 Å². The van der Waals surface area contributed by atoms with Gasteiger partial charge < -0.3 is 24.6 Å². The van der Waals surface area contributed by atoms with E-state index in [0.717, 1.165) is 16.7 Å². The number of aromatic nitrogens is 3. The molecule has 18 heteroatoms. The fourth-order valence-corrected chi connectivity index (χ4v) is 5.43. The standard InChI is InChI=1S/C31H29FN5O10PS/c1-19(20-4-9-23(32)10-5-20)29(38)33-24-11-6-21(7-12-24)22-8-15-28-34-30(35-36(28)17-22)37(31(39)46-18-47-48(40,41)42)26-14-13-25(49(3,43)44)16-27(26)45-2/h4-17,19H,18H2,1-3H3,(H,33,38)(H2,40,41,42)/t19-/m1/s1. The van der Waals surface area contributed by atoms with Crippen LogP contribution in [0.3, 0.4) is 0 Å². The fourth-order valence-electron chi connectivity index (χ4n) is 4.61. The Hall–Kier alpha value is -5.19. The summed E-state index contributed by atoms with van der Waals surface area (Å²) in [4.78, 5) is 49.1. The molecule has 1 atom stereocenters. The number of rotatable bonds is 11. The summed E-state index contributed by atoms with van der Waals surface area (Å²) in [6.45, 7) is 0.596. The van der Waals surface area contributed by atoms with Crippen molar-refractivity contribution in [1.29, 1.82) is 0 Å². The van der Waals surface area contributed by atoms with Crippen LogP contribution in [-0.2, 0) is 28.5 Å². The van der Waals surface area contributed by atoms with E-state index in [1.807, 2.05) is 0 Å². The van der Waals surface area contributed by atoms with E-state index in [4.69, 9.17) is 19.3 Å². The maximum Gasteiger partial charge on any atom is 0.472 e. The third kappa shape index (κ3) is 8.46. The minimum Gasteiger partial charge on any atom is -0.495 e. The molecule has 5 rings (SSSR count). The van der Waals surface area contributed by atoms with Crippen molar-refractivity contribution in [1.82, 2.24) is 14.6 Å². The highest BCUT2D eigenvalue weighted by molar-refractivity contribution is 7.90. The summed E-state index contributed by atoms with van der Waals surface area (Å²) in [7, 11) is -7.39. The quantitative estimate of drug-likeness (QED) is 0.122. The van der Waals surface area contributed by atoms with Gasteiger partial charge in [-0.05, 0) is 66.6 Å². The van der Waals surface area contributed by atoms with Crippen LogP contribution >= 0.6 is 7.82 Å². The van der Waals surface area contributed by atoms with Crippen molar-refractivity contribution in [2.45, 2.75) is 17.7 Å². The van der Waals surface area contributed by atoms with Gasteiger partial charge in [0, 0.05) is 29.8 Å². The number of sulfone groups is 1. The number of amides is 2. The largest absolute Gasteiger partial charge is 0.495 e. The number of anilines is 3. The van der Waals surface area contributed by atoms with Gasteiger partial charge in [-0.1, -0.05) is 24.3 Å². The average Bonchev–Trinajstić information content (AvgIpc) is 3.47. The van der Waals surface area contributed by atoms with Gasteiger partial charge in [0.15, 0.2) is 15.5 Å². The van der Waals surface area contributed by atoms with Crippen LogP contribution in [0.5, 0.6) is 5.75 Å². The van der Waals surface area contributed by atoms with Crippen molar-refractivity contribution in [3.05, 3.63) is 96.4 Å². The van der Waals surface area contributed by atoms with E-state index in [2.05, 4.69) is 19.9 Å². The summed E-state index contributed by atoms with van der Waals surface area (Å²) in [5.41, 5.74) is 2.88. The fraction of sp³-hybridized carbons (Fsp3) is 0.161. The first-order chi connectivity index (χ1) is 23.1. The smallest absolute Gasteiger partial charge is 0.472 e. The van der Waals surface area contributed by atoms with E-state index in [0.29, 0.717) is 16.8 Å². The van der Waals surface area contributed by atoms with Gasteiger partial charge in [0.05, 0.1) is 23.6 Å². The number of ether oxygens (including phenoxy) is 2. The molecular formula is C31H29FN5O10PS. The summed E-state index contributed by atoms with van der Waals surface area (Å²) in [5, 5.41) is 7.24. The Morgan fingerprint density at radius 1 is 1.02 bits per heavy atom. The highest BCUT2D eigenvalue weighted by atomic mass is 32.2. The second-order valence-electron chi connectivity index (χ2n) is 10.6. The van der Waals surface area contributed by atoms with Gasteiger partial charge in [0.25, 0.3) is 5.95 Å². The molecule has 5 aromatic rings. The van der Waals surface area contributed by atoms with Crippen LogP contribution in [0, 0.1) is 5.82 Å². The molecule has 2 aromatic heterocycles. The van der Waals surface area contributed by atoms with Gasteiger partial charge in [0.2, 0.25) is 12.7 Å². The zero-order valence-electron chi connectivity index (χ0n) is 26.1. The summed E-state index contributed by atoms with van der Waals surface area (Å²) in [6.07, 6.45) is 1.40. The van der Waals surface area contributed by atoms with Crippen LogP contribution in [0.15, 0.2) is 90.0 Å². The minimum absolute atomic E-state index is 0.0430. The molecular weight excluding hydrogens is 684 g/mol. The number of carbonyl (C=O) groups is 2. The van der Waals surface area contributed by atoms with E-state index >= 15 is 0 Å². The van der Waals surface area contributed by atoms with Crippen molar-refractivity contribution in [2.75, 3.05) is 30.4 Å². The van der Waals surface area contributed by atoms with E-state index < -0.39 is 36.5 Å². The SMILES string of the molecule is COc1cc(S(C)(=O)=O)ccc1N(C(=O)OCOP(=O)(O)O)c1nc2ccc(-c3ccc(NC(=O)[C@H](C)c4ccc(F)cc4)cc3)cn2n1. The number of phosphoric acid groups is 1. The first-order valence-electron chi connectivity index (χ1n) is 14.2. The van der Waals surface area contributed by atoms with Crippen LogP contribution in [0.2, 0.25) is 0 Å². The number of carbonyl (C=O) groups excluding carboxylic acids is 2. The molecule has 0 aliphatic heterocycles. The normalized spacial score (nSPS) is 12.4. The molecule has 0 aliphatic carbocycles. The predicted octanol–water partition coefficient (Wildman–Crippen LogP) is 5.03. The molecule has 0 spiro atoms. The maximum atomic E-state index is 13.3. The Kier molecular flexibility index (Phi) is 10.1. The Morgan fingerprint density at radius 2 is 1.69 bits per heavy atom. The minimum atomic E-state index is -4.98. The number of hydrogen-bond donors (Lipinski definition) is 3. The van der Waals surface area contributed by atoms with E-state index in [1.54, 1.807) is 61.7 Å². The van der Waals surface area contributed by atoms with Crippen molar-refractivity contribution >= 4 is 52.6 Å². The molecule has 15 nitrogen and oxygen atoms in total. The summed E-state index contributed by atoms with van der Waals surface area (Å²) < 4.78 is 64.5. The van der Waals surface area contributed by atoms with Crippen molar-refractivity contribution < 1.29 is 50.7 Å². The molecule has 3 N–H and O–H groups in total. The zero-order valence-corrected chi connectivity index (χ0v) is 27.8. The number of pyridine rings is 1. The summed E-state index contributed by atoms with van der Waals surface area (Å²) >= 11 is 0. The third-order valence-corrected chi connectivity index (χ3v) is 8.73. The molecule has 2 amide bonds. The second kappa shape index (κ2) is 14.1. The van der Waals surface area contributed by atoms with Crippen LogP contribution in [-0.4, -0.2) is 65.0 Å².